The highest BCUT2D eigenvalue weighted by atomic mass is 16.6. The molecule has 0 unspecified atom stereocenters. The number of hydrogen-bond donors (Lipinski definition) is 1. The monoisotopic (exact) mass is 288 g/mol. The number of benzene rings is 2. The quantitative estimate of drug-likeness (QED) is 0.401. The lowest BCUT2D eigenvalue weighted by Gasteiger charge is -2.08. The molecule has 7 nitrogen and oxygen atoms in total. The Morgan fingerprint density at radius 1 is 1.19 bits per heavy atom. The van der Waals surface area contributed by atoms with Crippen molar-refractivity contribution in [1.82, 2.24) is 0 Å². The molecule has 0 atom stereocenters. The van der Waals surface area contributed by atoms with E-state index in [0.29, 0.717) is 11.4 Å². The molecule has 2 aromatic rings. The number of carbonyl (C=O) groups excluding carboxylic acids is 1. The zero-order chi connectivity index (χ0) is 15.4. The van der Waals surface area contributed by atoms with Gasteiger partial charge in [0.15, 0.2) is 0 Å². The number of nitrogens with zero attached hydrogens (tertiary/aromatic N) is 1. The summed E-state index contributed by atoms with van der Waals surface area (Å²) in [6.07, 6.45) is 0. The molecule has 0 saturated heterocycles. The Morgan fingerprint density at radius 3 is 2.52 bits per heavy atom. The Hall–Kier alpha value is -3.09. The van der Waals surface area contributed by atoms with Crippen molar-refractivity contribution in [3.05, 3.63) is 58.1 Å². The van der Waals surface area contributed by atoms with Crippen LogP contribution in [0.4, 0.5) is 11.4 Å². The molecule has 0 aliphatic heterocycles. The number of anilines is 1. The minimum atomic E-state index is -0.806. The van der Waals surface area contributed by atoms with Crippen LogP contribution in [-0.2, 0) is 4.74 Å². The average molecular weight is 288 g/mol. The topological polar surface area (TPSA) is 105 Å². The molecule has 2 N–H and O–H groups in total. The van der Waals surface area contributed by atoms with Crippen LogP contribution < -0.4 is 10.5 Å². The van der Waals surface area contributed by atoms with Crippen molar-refractivity contribution in [2.45, 2.75) is 0 Å². The summed E-state index contributed by atoms with van der Waals surface area (Å²) in [6, 6.07) is 10.5. The summed E-state index contributed by atoms with van der Waals surface area (Å²) in [6.45, 7) is 0. The summed E-state index contributed by atoms with van der Waals surface area (Å²) in [4.78, 5) is 21.8. The third-order valence-electron chi connectivity index (χ3n) is 2.66. The number of nitrogens with two attached hydrogens (primary N) is 1. The summed E-state index contributed by atoms with van der Waals surface area (Å²) in [7, 11) is 1.15. The maximum Gasteiger partial charge on any atom is 0.345 e. The van der Waals surface area contributed by atoms with Crippen molar-refractivity contribution in [2.75, 3.05) is 12.8 Å². The molecular formula is C14H12N2O5. The predicted octanol–water partition coefficient (Wildman–Crippen LogP) is 2.76. The van der Waals surface area contributed by atoms with Crippen molar-refractivity contribution in [2.24, 2.45) is 0 Å². The predicted molar refractivity (Wildman–Crippen MR) is 75.4 cm³/mol. The number of methoxy groups -OCH3 is 1. The Labute approximate surface area is 120 Å². The van der Waals surface area contributed by atoms with E-state index < -0.39 is 10.9 Å². The van der Waals surface area contributed by atoms with E-state index in [1.54, 1.807) is 24.3 Å². The molecule has 0 spiro atoms. The summed E-state index contributed by atoms with van der Waals surface area (Å²) < 4.78 is 10.1. The van der Waals surface area contributed by atoms with Gasteiger partial charge >= 0.3 is 5.97 Å². The van der Waals surface area contributed by atoms with Crippen molar-refractivity contribution in [3.63, 3.8) is 0 Å². The van der Waals surface area contributed by atoms with Gasteiger partial charge in [0.25, 0.3) is 5.69 Å². The molecule has 0 fully saturated rings. The van der Waals surface area contributed by atoms with Crippen molar-refractivity contribution in [3.8, 4) is 11.5 Å². The summed E-state index contributed by atoms with van der Waals surface area (Å²) in [5.74, 6) is -0.0778. The second-order valence-corrected chi connectivity index (χ2v) is 4.10. The first-order valence-electron chi connectivity index (χ1n) is 5.91. The number of ether oxygens (including phenoxy) is 2. The van der Waals surface area contributed by atoms with Gasteiger partial charge in [0.05, 0.1) is 12.0 Å². The van der Waals surface area contributed by atoms with Crippen LogP contribution in [0.3, 0.4) is 0 Å². The number of esters is 1. The van der Waals surface area contributed by atoms with Gasteiger partial charge in [0.2, 0.25) is 0 Å². The fourth-order valence-corrected chi connectivity index (χ4v) is 1.73. The van der Waals surface area contributed by atoms with Crippen LogP contribution in [-0.4, -0.2) is 18.0 Å². The molecule has 21 heavy (non-hydrogen) atoms. The van der Waals surface area contributed by atoms with E-state index in [1.165, 1.54) is 18.2 Å². The van der Waals surface area contributed by atoms with E-state index in [1.807, 2.05) is 0 Å². The molecular weight excluding hydrogens is 276 g/mol. The highest BCUT2D eigenvalue weighted by molar-refractivity contribution is 5.94. The van der Waals surface area contributed by atoms with Gasteiger partial charge in [-0.2, -0.15) is 0 Å². The van der Waals surface area contributed by atoms with Gasteiger partial charge in [-0.05, 0) is 18.2 Å². The van der Waals surface area contributed by atoms with Crippen molar-refractivity contribution in [1.29, 1.82) is 0 Å². The number of rotatable bonds is 4. The largest absolute Gasteiger partial charge is 0.465 e. The van der Waals surface area contributed by atoms with Gasteiger partial charge in [0.1, 0.15) is 17.1 Å². The molecule has 2 aromatic carbocycles. The normalized spacial score (nSPS) is 9.95. The number of hydrogen-bond acceptors (Lipinski definition) is 6. The molecule has 0 saturated carbocycles. The standard InChI is InChI=1S/C14H12N2O5/c1-20-14(17)12-8-11(5-6-13(12)16(18)19)21-10-4-2-3-9(15)7-10/h2-8H,15H2,1H3. The van der Waals surface area contributed by atoms with Gasteiger partial charge in [0, 0.05) is 23.9 Å². The fraction of sp³-hybridized carbons (Fsp3) is 0.0714. The molecule has 0 aliphatic carbocycles. The van der Waals surface area contributed by atoms with E-state index in [2.05, 4.69) is 4.74 Å². The number of nitrogen functional groups attached to an aromatic ring is 1. The molecule has 2 rings (SSSR count). The maximum absolute atomic E-state index is 11.6. The highest BCUT2D eigenvalue weighted by Gasteiger charge is 2.21. The van der Waals surface area contributed by atoms with Gasteiger partial charge in [-0.25, -0.2) is 4.79 Å². The second kappa shape index (κ2) is 5.91. The molecule has 0 radical (unpaired) electrons. The van der Waals surface area contributed by atoms with E-state index in [-0.39, 0.29) is 17.0 Å². The fourth-order valence-electron chi connectivity index (χ4n) is 1.73. The summed E-state index contributed by atoms with van der Waals surface area (Å²) in [5.41, 5.74) is 5.63. The first-order chi connectivity index (χ1) is 10.0. The molecule has 108 valence electrons. The zero-order valence-electron chi connectivity index (χ0n) is 11.1. The minimum Gasteiger partial charge on any atom is -0.465 e. The van der Waals surface area contributed by atoms with Crippen LogP contribution in [0.15, 0.2) is 42.5 Å². The molecule has 0 heterocycles. The maximum atomic E-state index is 11.6. The molecule has 0 bridgehead atoms. The van der Waals surface area contributed by atoms with E-state index in [9.17, 15) is 14.9 Å². The lowest BCUT2D eigenvalue weighted by molar-refractivity contribution is -0.385. The molecule has 0 aliphatic rings. The Kier molecular flexibility index (Phi) is 4.03. The first kappa shape index (κ1) is 14.3. The van der Waals surface area contributed by atoms with Crippen molar-refractivity contribution >= 4 is 17.3 Å². The lowest BCUT2D eigenvalue weighted by Crippen LogP contribution is -2.05. The van der Waals surface area contributed by atoms with Gasteiger partial charge in [-0.3, -0.25) is 10.1 Å². The van der Waals surface area contributed by atoms with E-state index >= 15 is 0 Å². The van der Waals surface area contributed by atoms with Gasteiger partial charge in [-0.1, -0.05) is 6.07 Å². The van der Waals surface area contributed by atoms with Crippen LogP contribution in [0, 0.1) is 10.1 Å². The summed E-state index contributed by atoms with van der Waals surface area (Å²) in [5, 5.41) is 10.9. The zero-order valence-corrected chi connectivity index (χ0v) is 11.1. The smallest absolute Gasteiger partial charge is 0.345 e. The number of carbonyl (C=O) groups is 1. The average Bonchev–Trinajstić information content (AvgIpc) is 2.46. The Bertz CT molecular complexity index is 700. The highest BCUT2D eigenvalue weighted by Crippen LogP contribution is 2.28. The Morgan fingerprint density at radius 2 is 1.90 bits per heavy atom. The Balaban J connectivity index is 2.37. The van der Waals surface area contributed by atoms with Crippen molar-refractivity contribution < 1.29 is 19.2 Å². The lowest BCUT2D eigenvalue weighted by atomic mass is 10.1. The first-order valence-corrected chi connectivity index (χ1v) is 5.91. The number of nitro groups is 1. The molecule has 0 aromatic heterocycles. The van der Waals surface area contributed by atoms with Gasteiger partial charge in [-0.15, -0.1) is 0 Å². The molecule has 7 heteroatoms. The van der Waals surface area contributed by atoms with Crippen LogP contribution in [0.25, 0.3) is 0 Å². The van der Waals surface area contributed by atoms with E-state index in [4.69, 9.17) is 10.5 Å². The van der Waals surface area contributed by atoms with Gasteiger partial charge < -0.3 is 15.2 Å². The minimum absolute atomic E-state index is 0.177. The third-order valence-corrected chi connectivity index (χ3v) is 2.66. The SMILES string of the molecule is COC(=O)c1cc(Oc2cccc(N)c2)ccc1[N+](=O)[O-]. The third kappa shape index (κ3) is 3.27. The van der Waals surface area contributed by atoms with Crippen LogP contribution in [0.5, 0.6) is 11.5 Å². The van der Waals surface area contributed by atoms with Crippen LogP contribution in [0.1, 0.15) is 10.4 Å². The van der Waals surface area contributed by atoms with E-state index in [0.717, 1.165) is 7.11 Å². The molecule has 0 amide bonds. The second-order valence-electron chi connectivity index (χ2n) is 4.10. The number of nitro benzene ring substituents is 1. The van der Waals surface area contributed by atoms with Crippen LogP contribution >= 0.6 is 0 Å². The summed E-state index contributed by atoms with van der Waals surface area (Å²) >= 11 is 0. The van der Waals surface area contributed by atoms with Crippen LogP contribution in [0.2, 0.25) is 0 Å².